The van der Waals surface area contributed by atoms with Crippen LogP contribution in [0.1, 0.15) is 42.1 Å². The molecule has 1 aliphatic rings. The molecule has 0 unspecified atom stereocenters. The first-order valence-electron chi connectivity index (χ1n) is 11.3. The molecule has 1 fully saturated rings. The van der Waals surface area contributed by atoms with Crippen molar-refractivity contribution < 1.29 is 17.9 Å². The molecule has 0 bridgehead atoms. The number of nitrogens with zero attached hydrogens (tertiary/aromatic N) is 3. The summed E-state index contributed by atoms with van der Waals surface area (Å²) < 4.78 is 34.8. The smallest absolute Gasteiger partial charge is 0.337 e. The summed E-state index contributed by atoms with van der Waals surface area (Å²) in [4.78, 5) is 14.3. The van der Waals surface area contributed by atoms with Gasteiger partial charge < -0.3 is 9.64 Å². The van der Waals surface area contributed by atoms with Crippen molar-refractivity contribution in [1.29, 1.82) is 0 Å². The van der Waals surface area contributed by atoms with E-state index < -0.39 is 16.0 Å². The van der Waals surface area contributed by atoms with Gasteiger partial charge >= 0.3 is 5.97 Å². The lowest BCUT2D eigenvalue weighted by Crippen LogP contribution is -2.30. The van der Waals surface area contributed by atoms with E-state index in [0.29, 0.717) is 23.4 Å². The Labute approximate surface area is 200 Å². The molecule has 0 amide bonds. The Morgan fingerprint density at radius 1 is 1.09 bits per heavy atom. The van der Waals surface area contributed by atoms with E-state index in [0.717, 1.165) is 43.6 Å². The average molecular weight is 481 g/mol. The van der Waals surface area contributed by atoms with Gasteiger partial charge in [-0.2, -0.15) is 10.2 Å². The van der Waals surface area contributed by atoms with Crippen LogP contribution in [-0.2, 0) is 21.2 Å². The molecule has 4 rings (SSSR count). The van der Waals surface area contributed by atoms with Crippen molar-refractivity contribution in [2.75, 3.05) is 29.8 Å². The fourth-order valence-corrected chi connectivity index (χ4v) is 5.59. The highest BCUT2D eigenvalue weighted by atomic mass is 32.2. The number of rotatable bonds is 7. The van der Waals surface area contributed by atoms with Gasteiger partial charge in [0.25, 0.3) is 10.0 Å². The molecule has 2 aromatic carbocycles. The highest BCUT2D eigenvalue weighted by Crippen LogP contribution is 2.34. The molecule has 178 valence electrons. The Hall–Kier alpha value is -3.46. The summed E-state index contributed by atoms with van der Waals surface area (Å²) in [6, 6.07) is 13.9. The molecule has 0 saturated carbocycles. The number of aryl methyl sites for hydroxylation is 1. The van der Waals surface area contributed by atoms with Gasteiger partial charge in [-0.1, -0.05) is 19.1 Å². The number of anilines is 2. The van der Waals surface area contributed by atoms with Gasteiger partial charge in [0.15, 0.2) is 0 Å². The predicted octanol–water partition coefficient (Wildman–Crippen LogP) is 4.28. The predicted molar refractivity (Wildman–Crippen MR) is 131 cm³/mol. The van der Waals surface area contributed by atoms with Gasteiger partial charge in [0.2, 0.25) is 0 Å². The van der Waals surface area contributed by atoms with Crippen LogP contribution in [0.3, 0.4) is 0 Å². The fourth-order valence-electron chi connectivity index (χ4n) is 4.18. The highest BCUT2D eigenvalue weighted by molar-refractivity contribution is 7.92. The van der Waals surface area contributed by atoms with E-state index in [1.807, 2.05) is 25.1 Å². The van der Waals surface area contributed by atoms with E-state index in [2.05, 4.69) is 19.8 Å². The molecule has 0 aliphatic carbocycles. The molecular formula is C25H28N4O4S. The first kappa shape index (κ1) is 23.7. The summed E-state index contributed by atoms with van der Waals surface area (Å²) in [5.41, 5.74) is 3.49. The van der Waals surface area contributed by atoms with Crippen LogP contribution < -0.4 is 9.62 Å². The molecule has 3 aromatic rings. The van der Waals surface area contributed by atoms with Gasteiger partial charge in [-0.15, -0.1) is 0 Å². The molecule has 34 heavy (non-hydrogen) atoms. The van der Waals surface area contributed by atoms with Gasteiger partial charge in [0.1, 0.15) is 0 Å². The summed E-state index contributed by atoms with van der Waals surface area (Å²) in [6.45, 7) is 3.59. The molecule has 1 aromatic heterocycles. The topological polar surface area (TPSA) is 101 Å². The molecule has 0 spiro atoms. The summed E-state index contributed by atoms with van der Waals surface area (Å²) in [6.07, 6.45) is 5.36. The van der Waals surface area contributed by atoms with Crippen LogP contribution >= 0.6 is 0 Å². The van der Waals surface area contributed by atoms with E-state index in [9.17, 15) is 13.2 Å². The number of hydrogen-bond donors (Lipinski definition) is 1. The highest BCUT2D eigenvalue weighted by Gasteiger charge is 2.24. The number of hydrogen-bond acceptors (Lipinski definition) is 7. The Bertz CT molecular complexity index is 1270. The van der Waals surface area contributed by atoms with Crippen LogP contribution in [0.15, 0.2) is 59.6 Å². The summed E-state index contributed by atoms with van der Waals surface area (Å²) in [7, 11) is -2.73. The van der Waals surface area contributed by atoms with Gasteiger partial charge in [0, 0.05) is 24.8 Å². The lowest BCUT2D eigenvalue weighted by Gasteiger charge is -2.31. The van der Waals surface area contributed by atoms with Gasteiger partial charge in [-0.05, 0) is 67.6 Å². The number of piperidine rings is 1. The molecule has 9 heteroatoms. The Kier molecular flexibility index (Phi) is 7.12. The normalized spacial score (nSPS) is 14.0. The molecule has 0 atom stereocenters. The number of benzene rings is 2. The van der Waals surface area contributed by atoms with E-state index in [-0.39, 0.29) is 10.5 Å². The Morgan fingerprint density at radius 2 is 1.88 bits per heavy atom. The van der Waals surface area contributed by atoms with Crippen molar-refractivity contribution in [3.8, 4) is 11.3 Å². The van der Waals surface area contributed by atoms with Crippen molar-refractivity contribution in [1.82, 2.24) is 10.2 Å². The molecule has 2 heterocycles. The number of esters is 1. The standard InChI is InChI=1S/C25H28N4O4S/c1-3-18-9-10-20(25(30)33-2)17-24(18)34(31,32)28-22-16-19(21-8-7-13-26-27-21)11-12-23(22)29-14-5-4-6-15-29/h7-13,16-17,28H,3-6,14-15H2,1-2H3. The van der Waals surface area contributed by atoms with E-state index in [1.165, 1.54) is 13.2 Å². The lowest BCUT2D eigenvalue weighted by atomic mass is 10.1. The zero-order valence-electron chi connectivity index (χ0n) is 19.3. The minimum atomic E-state index is -4.00. The fraction of sp³-hybridized carbons (Fsp3) is 0.320. The number of carbonyl (C=O) groups excluding carboxylic acids is 1. The third kappa shape index (κ3) is 5.04. The second kappa shape index (κ2) is 10.2. The number of ether oxygens (including phenoxy) is 1. The van der Waals surface area contributed by atoms with Crippen molar-refractivity contribution in [3.05, 3.63) is 65.9 Å². The first-order chi connectivity index (χ1) is 16.4. The third-order valence-electron chi connectivity index (χ3n) is 5.96. The van der Waals surface area contributed by atoms with Crippen molar-refractivity contribution in [2.24, 2.45) is 0 Å². The summed E-state index contributed by atoms with van der Waals surface area (Å²) in [5.74, 6) is -0.585. The van der Waals surface area contributed by atoms with Crippen molar-refractivity contribution in [2.45, 2.75) is 37.5 Å². The third-order valence-corrected chi connectivity index (χ3v) is 7.41. The first-order valence-corrected chi connectivity index (χ1v) is 12.8. The number of methoxy groups -OCH3 is 1. The minimum Gasteiger partial charge on any atom is -0.465 e. The Morgan fingerprint density at radius 3 is 2.56 bits per heavy atom. The maximum Gasteiger partial charge on any atom is 0.337 e. The maximum atomic E-state index is 13.6. The summed E-state index contributed by atoms with van der Waals surface area (Å²) in [5, 5.41) is 8.10. The number of sulfonamides is 1. The van der Waals surface area contributed by atoms with Crippen LogP contribution in [-0.4, -0.2) is 44.8 Å². The largest absolute Gasteiger partial charge is 0.465 e. The van der Waals surface area contributed by atoms with Crippen LogP contribution in [0, 0.1) is 0 Å². The van der Waals surface area contributed by atoms with Crippen LogP contribution in [0.2, 0.25) is 0 Å². The van der Waals surface area contributed by atoms with Crippen LogP contribution in [0.25, 0.3) is 11.3 Å². The number of nitrogens with one attached hydrogen (secondary N) is 1. The number of aromatic nitrogens is 2. The van der Waals surface area contributed by atoms with Crippen molar-refractivity contribution >= 4 is 27.4 Å². The SMILES string of the molecule is CCc1ccc(C(=O)OC)cc1S(=O)(=O)Nc1cc(-c2cccnn2)ccc1N1CCCCC1. The lowest BCUT2D eigenvalue weighted by molar-refractivity contribution is 0.0600. The van der Waals surface area contributed by atoms with Gasteiger partial charge in [-0.3, -0.25) is 4.72 Å². The zero-order chi connectivity index (χ0) is 24.1. The molecule has 8 nitrogen and oxygen atoms in total. The van der Waals surface area contributed by atoms with Crippen LogP contribution in [0.4, 0.5) is 11.4 Å². The summed E-state index contributed by atoms with van der Waals surface area (Å²) >= 11 is 0. The average Bonchev–Trinajstić information content (AvgIpc) is 2.88. The monoisotopic (exact) mass is 480 g/mol. The Balaban J connectivity index is 1.79. The van der Waals surface area contributed by atoms with E-state index in [4.69, 9.17) is 4.74 Å². The maximum absolute atomic E-state index is 13.6. The van der Waals surface area contributed by atoms with Gasteiger partial charge in [0.05, 0.1) is 34.6 Å². The van der Waals surface area contributed by atoms with Crippen LogP contribution in [0.5, 0.6) is 0 Å². The van der Waals surface area contributed by atoms with E-state index in [1.54, 1.807) is 30.5 Å². The molecule has 1 saturated heterocycles. The molecule has 1 aliphatic heterocycles. The van der Waals surface area contributed by atoms with Crippen molar-refractivity contribution in [3.63, 3.8) is 0 Å². The zero-order valence-corrected chi connectivity index (χ0v) is 20.1. The van der Waals surface area contributed by atoms with Gasteiger partial charge in [-0.25, -0.2) is 13.2 Å². The van der Waals surface area contributed by atoms with E-state index >= 15 is 0 Å². The molecular weight excluding hydrogens is 452 g/mol. The second-order valence-corrected chi connectivity index (χ2v) is 9.81. The quantitative estimate of drug-likeness (QED) is 0.504. The molecule has 0 radical (unpaired) electrons. The minimum absolute atomic E-state index is 0.0624. The number of carbonyl (C=O) groups is 1. The molecule has 1 N–H and O–H groups in total. The second-order valence-electron chi connectivity index (χ2n) is 8.16.